The Bertz CT molecular complexity index is 542. The summed E-state index contributed by atoms with van der Waals surface area (Å²) in [6.45, 7) is 1.24. The van der Waals surface area contributed by atoms with Gasteiger partial charge in [-0.2, -0.15) is 0 Å². The topological polar surface area (TPSA) is 81.4 Å². The number of rotatable bonds is 4. The number of sulfonamides is 1. The van der Waals surface area contributed by atoms with E-state index >= 15 is 0 Å². The summed E-state index contributed by atoms with van der Waals surface area (Å²) in [6.07, 6.45) is 3.20. The van der Waals surface area contributed by atoms with E-state index in [1.165, 1.54) is 12.1 Å². The molecule has 0 bridgehead atoms. The van der Waals surface area contributed by atoms with E-state index < -0.39 is 15.8 Å². The molecule has 1 unspecified atom stereocenters. The molecular formula is C12H17FN2O3S. The SMILES string of the molecule is NS(=O)(=O)c1ccc(NCC2CCCCO2)c(F)c1. The molecule has 0 aromatic heterocycles. The Morgan fingerprint density at radius 2 is 2.21 bits per heavy atom. The summed E-state index contributed by atoms with van der Waals surface area (Å²) in [4.78, 5) is -0.232. The number of benzene rings is 1. The number of hydrogen-bond acceptors (Lipinski definition) is 4. The average molecular weight is 288 g/mol. The largest absolute Gasteiger partial charge is 0.380 e. The molecule has 1 aliphatic heterocycles. The van der Waals surface area contributed by atoms with Crippen LogP contribution in [0.1, 0.15) is 19.3 Å². The minimum Gasteiger partial charge on any atom is -0.380 e. The summed E-state index contributed by atoms with van der Waals surface area (Å²) in [5.41, 5.74) is 0.251. The monoisotopic (exact) mass is 288 g/mol. The van der Waals surface area contributed by atoms with Crippen molar-refractivity contribution in [3.8, 4) is 0 Å². The molecule has 1 atom stereocenters. The fourth-order valence-corrected chi connectivity index (χ4v) is 2.53. The van der Waals surface area contributed by atoms with E-state index in [1.54, 1.807) is 0 Å². The third kappa shape index (κ3) is 3.89. The second kappa shape index (κ2) is 5.85. The quantitative estimate of drug-likeness (QED) is 0.878. The standard InChI is InChI=1S/C12H17FN2O3S/c13-11-7-10(19(14,16)17)4-5-12(11)15-8-9-3-1-2-6-18-9/h4-5,7,9,15H,1-3,6,8H2,(H2,14,16,17). The van der Waals surface area contributed by atoms with Crippen molar-refractivity contribution in [2.24, 2.45) is 5.14 Å². The van der Waals surface area contributed by atoms with Crippen LogP contribution in [0, 0.1) is 5.82 Å². The van der Waals surface area contributed by atoms with Crippen molar-refractivity contribution in [1.82, 2.24) is 0 Å². The first kappa shape index (κ1) is 14.2. The first-order valence-corrected chi connectivity index (χ1v) is 7.69. The molecule has 0 spiro atoms. The maximum atomic E-state index is 13.7. The summed E-state index contributed by atoms with van der Waals surface area (Å²) in [5.74, 6) is -0.637. The smallest absolute Gasteiger partial charge is 0.238 e. The van der Waals surface area contributed by atoms with Gasteiger partial charge < -0.3 is 10.1 Å². The lowest BCUT2D eigenvalue weighted by Crippen LogP contribution is -2.27. The molecular weight excluding hydrogens is 271 g/mol. The molecule has 3 N–H and O–H groups in total. The zero-order valence-electron chi connectivity index (χ0n) is 10.4. The third-order valence-electron chi connectivity index (χ3n) is 3.06. The van der Waals surface area contributed by atoms with Gasteiger partial charge in [-0.15, -0.1) is 0 Å². The van der Waals surface area contributed by atoms with Gasteiger partial charge >= 0.3 is 0 Å². The van der Waals surface area contributed by atoms with E-state index in [9.17, 15) is 12.8 Å². The third-order valence-corrected chi connectivity index (χ3v) is 3.97. The van der Waals surface area contributed by atoms with E-state index in [1.807, 2.05) is 0 Å². The van der Waals surface area contributed by atoms with Crippen molar-refractivity contribution in [3.63, 3.8) is 0 Å². The molecule has 1 aromatic carbocycles. The molecule has 0 saturated carbocycles. The van der Waals surface area contributed by atoms with Crippen molar-refractivity contribution in [3.05, 3.63) is 24.0 Å². The zero-order valence-corrected chi connectivity index (χ0v) is 11.2. The van der Waals surface area contributed by atoms with Gasteiger partial charge in [-0.3, -0.25) is 0 Å². The van der Waals surface area contributed by atoms with Gasteiger partial charge in [-0.05, 0) is 37.5 Å². The van der Waals surface area contributed by atoms with Gasteiger partial charge in [0.25, 0.3) is 0 Å². The lowest BCUT2D eigenvalue weighted by molar-refractivity contribution is 0.0247. The van der Waals surface area contributed by atoms with Gasteiger partial charge in [0, 0.05) is 13.2 Å². The van der Waals surface area contributed by atoms with Crippen LogP contribution in [0.25, 0.3) is 0 Å². The Morgan fingerprint density at radius 1 is 1.42 bits per heavy atom. The lowest BCUT2D eigenvalue weighted by Gasteiger charge is -2.23. The first-order chi connectivity index (χ1) is 8.97. The number of nitrogens with two attached hydrogens (primary N) is 1. The fourth-order valence-electron chi connectivity index (χ4n) is 2.01. The summed E-state index contributed by atoms with van der Waals surface area (Å²) in [5, 5.41) is 7.86. The summed E-state index contributed by atoms with van der Waals surface area (Å²) in [6, 6.07) is 3.57. The highest BCUT2D eigenvalue weighted by Crippen LogP contribution is 2.19. The van der Waals surface area contributed by atoms with Crippen LogP contribution in [0.5, 0.6) is 0 Å². The van der Waals surface area contributed by atoms with Crippen LogP contribution in [0.3, 0.4) is 0 Å². The van der Waals surface area contributed by atoms with Gasteiger partial charge in [0.2, 0.25) is 10.0 Å². The van der Waals surface area contributed by atoms with Gasteiger partial charge in [-0.25, -0.2) is 17.9 Å². The Balaban J connectivity index is 2.01. The van der Waals surface area contributed by atoms with Crippen LogP contribution in [-0.2, 0) is 14.8 Å². The summed E-state index contributed by atoms with van der Waals surface area (Å²) in [7, 11) is -3.87. The normalized spacial score (nSPS) is 20.2. The maximum absolute atomic E-state index is 13.7. The first-order valence-electron chi connectivity index (χ1n) is 6.14. The molecule has 1 aliphatic rings. The number of nitrogens with one attached hydrogen (secondary N) is 1. The van der Waals surface area contributed by atoms with Gasteiger partial charge in [0.15, 0.2) is 0 Å². The van der Waals surface area contributed by atoms with Crippen molar-refractivity contribution < 1.29 is 17.5 Å². The number of halogens is 1. The Hall–Kier alpha value is -1.18. The number of ether oxygens (including phenoxy) is 1. The van der Waals surface area contributed by atoms with Crippen molar-refractivity contribution in [2.45, 2.75) is 30.3 Å². The number of primary sulfonamides is 1. The number of anilines is 1. The Kier molecular flexibility index (Phi) is 4.38. The molecule has 19 heavy (non-hydrogen) atoms. The molecule has 1 aromatic rings. The minimum absolute atomic E-state index is 0.0751. The van der Waals surface area contributed by atoms with Gasteiger partial charge in [0.1, 0.15) is 5.82 Å². The van der Waals surface area contributed by atoms with Crippen LogP contribution in [0.2, 0.25) is 0 Å². The molecule has 0 amide bonds. The van der Waals surface area contributed by atoms with E-state index in [4.69, 9.17) is 9.88 Å². The van der Waals surface area contributed by atoms with E-state index in [2.05, 4.69) is 5.32 Å². The molecule has 0 radical (unpaired) electrons. The van der Waals surface area contributed by atoms with Crippen LogP contribution >= 0.6 is 0 Å². The minimum atomic E-state index is -3.87. The predicted octanol–water partition coefficient (Wildman–Crippen LogP) is 1.45. The molecule has 106 valence electrons. The van der Waals surface area contributed by atoms with Crippen LogP contribution < -0.4 is 10.5 Å². The highest BCUT2D eigenvalue weighted by Gasteiger charge is 2.15. The summed E-state index contributed by atoms with van der Waals surface area (Å²) >= 11 is 0. The van der Waals surface area contributed by atoms with E-state index in [0.717, 1.165) is 31.9 Å². The highest BCUT2D eigenvalue weighted by molar-refractivity contribution is 7.89. The van der Waals surface area contributed by atoms with Gasteiger partial charge in [-0.1, -0.05) is 0 Å². The van der Waals surface area contributed by atoms with E-state index in [-0.39, 0.29) is 16.7 Å². The molecule has 1 saturated heterocycles. The van der Waals surface area contributed by atoms with Crippen molar-refractivity contribution >= 4 is 15.7 Å². The van der Waals surface area contributed by atoms with Crippen LogP contribution in [0.4, 0.5) is 10.1 Å². The number of hydrogen-bond donors (Lipinski definition) is 2. The van der Waals surface area contributed by atoms with Gasteiger partial charge in [0.05, 0.1) is 16.7 Å². The van der Waals surface area contributed by atoms with Crippen LogP contribution in [0.15, 0.2) is 23.1 Å². The van der Waals surface area contributed by atoms with Crippen molar-refractivity contribution in [1.29, 1.82) is 0 Å². The Morgan fingerprint density at radius 3 is 2.79 bits per heavy atom. The van der Waals surface area contributed by atoms with Crippen molar-refractivity contribution in [2.75, 3.05) is 18.5 Å². The lowest BCUT2D eigenvalue weighted by atomic mass is 10.1. The van der Waals surface area contributed by atoms with E-state index in [0.29, 0.717) is 6.54 Å². The molecule has 0 aliphatic carbocycles. The van der Waals surface area contributed by atoms with Crippen LogP contribution in [-0.4, -0.2) is 27.7 Å². The second-order valence-corrected chi connectivity index (χ2v) is 6.12. The molecule has 5 nitrogen and oxygen atoms in total. The molecule has 2 rings (SSSR count). The Labute approximate surface area is 112 Å². The fraction of sp³-hybridized carbons (Fsp3) is 0.500. The average Bonchev–Trinajstić information content (AvgIpc) is 2.37. The molecule has 1 fully saturated rings. The molecule has 7 heteroatoms. The highest BCUT2D eigenvalue weighted by atomic mass is 32.2. The summed E-state index contributed by atoms with van der Waals surface area (Å²) < 4.78 is 41.4. The predicted molar refractivity (Wildman–Crippen MR) is 69.9 cm³/mol. The maximum Gasteiger partial charge on any atom is 0.238 e. The second-order valence-electron chi connectivity index (χ2n) is 4.56. The molecule has 1 heterocycles. The zero-order chi connectivity index (χ0) is 13.9.